The highest BCUT2D eigenvalue weighted by Gasteiger charge is 2.69. The molecule has 0 bridgehead atoms. The van der Waals surface area contributed by atoms with Gasteiger partial charge in [-0.15, -0.1) is 0 Å². The minimum absolute atomic E-state index is 0.0582. The number of Topliss-reactive ketones (excluding diaryl/α,β-unsaturated/α-hetero) is 1. The van der Waals surface area contributed by atoms with E-state index in [2.05, 4.69) is 46.8 Å². The molecule has 0 spiro atoms. The highest BCUT2D eigenvalue weighted by atomic mass is 16.4. The second-order valence-corrected chi connectivity index (χ2v) is 14.6. The lowest BCUT2D eigenvalue weighted by Gasteiger charge is -2.69. The van der Waals surface area contributed by atoms with Crippen molar-refractivity contribution in [2.75, 3.05) is 0 Å². The number of rotatable bonds is 1. The molecule has 188 valence electrons. The van der Waals surface area contributed by atoms with Gasteiger partial charge in [-0.1, -0.05) is 60.6 Å². The maximum absolute atomic E-state index is 12.9. The predicted molar refractivity (Wildman–Crippen MR) is 133 cm³/mol. The summed E-state index contributed by atoms with van der Waals surface area (Å²) in [6.45, 7) is 15.6. The Balaban J connectivity index is 1.71. The number of hydrogen-bond donors (Lipinski definition) is 2. The zero-order valence-corrected chi connectivity index (χ0v) is 22.3. The molecule has 2 N–H and O–H groups in total. The van der Waals surface area contributed by atoms with E-state index in [0.717, 1.165) is 37.7 Å². The zero-order chi connectivity index (χ0) is 25.1. The van der Waals surface area contributed by atoms with Gasteiger partial charge in [0.2, 0.25) is 0 Å². The van der Waals surface area contributed by atoms with Crippen molar-refractivity contribution >= 4 is 11.8 Å². The number of fused-ring (bicyclic) bond motifs is 6. The second-order valence-electron chi connectivity index (χ2n) is 14.6. The Labute approximate surface area is 205 Å². The molecule has 3 fully saturated rings. The summed E-state index contributed by atoms with van der Waals surface area (Å²) in [4.78, 5) is 25.6. The minimum atomic E-state index is -0.739. The molecule has 0 aromatic carbocycles. The van der Waals surface area contributed by atoms with E-state index in [1.165, 1.54) is 5.57 Å². The van der Waals surface area contributed by atoms with E-state index in [4.69, 9.17) is 0 Å². The first-order valence-corrected chi connectivity index (χ1v) is 13.4. The normalized spacial score (nSPS) is 48.9. The van der Waals surface area contributed by atoms with Crippen molar-refractivity contribution in [2.45, 2.75) is 106 Å². The third-order valence-electron chi connectivity index (χ3n) is 12.1. The summed E-state index contributed by atoms with van der Waals surface area (Å²) < 4.78 is 0. The van der Waals surface area contributed by atoms with Crippen LogP contribution in [0.25, 0.3) is 0 Å². The molecule has 4 nitrogen and oxygen atoms in total. The first-order chi connectivity index (χ1) is 15.6. The molecule has 7 atom stereocenters. The van der Waals surface area contributed by atoms with Gasteiger partial charge in [0, 0.05) is 17.8 Å². The molecular weight excluding hydrogens is 424 g/mol. The average Bonchev–Trinajstić information content (AvgIpc) is 2.70. The molecular formula is C30H44O4. The smallest absolute Gasteiger partial charge is 0.313 e. The first-order valence-electron chi connectivity index (χ1n) is 13.4. The third kappa shape index (κ3) is 2.75. The fourth-order valence-corrected chi connectivity index (χ4v) is 9.95. The lowest BCUT2D eigenvalue weighted by molar-refractivity contribution is -0.202. The molecule has 0 aromatic rings. The van der Waals surface area contributed by atoms with Gasteiger partial charge in [-0.25, -0.2) is 0 Å². The van der Waals surface area contributed by atoms with Gasteiger partial charge in [0.15, 0.2) is 0 Å². The van der Waals surface area contributed by atoms with Crippen LogP contribution in [0, 0.1) is 44.3 Å². The number of aliphatic carboxylic acids is 1. The molecule has 0 aliphatic heterocycles. The van der Waals surface area contributed by atoms with E-state index < -0.39 is 22.9 Å². The molecule has 5 rings (SSSR count). The van der Waals surface area contributed by atoms with E-state index in [1.807, 2.05) is 13.8 Å². The maximum atomic E-state index is 12.9. The van der Waals surface area contributed by atoms with Crippen LogP contribution in [0.4, 0.5) is 0 Å². The van der Waals surface area contributed by atoms with Crippen LogP contribution >= 0.6 is 0 Å². The molecule has 5 aliphatic rings. The number of carboxylic acid groups (broad SMARTS) is 1. The largest absolute Gasteiger partial charge is 0.481 e. The Bertz CT molecular complexity index is 1020. The summed E-state index contributed by atoms with van der Waals surface area (Å²) >= 11 is 0. The zero-order valence-electron chi connectivity index (χ0n) is 22.3. The number of carbonyl (C=O) groups is 2. The summed E-state index contributed by atoms with van der Waals surface area (Å²) in [6, 6.07) is 0. The first kappa shape index (κ1) is 24.3. The number of aliphatic hydroxyl groups excluding tert-OH is 1. The van der Waals surface area contributed by atoms with Gasteiger partial charge in [0.05, 0.1) is 11.5 Å². The lowest BCUT2D eigenvalue weighted by Crippen LogP contribution is -2.66. The van der Waals surface area contributed by atoms with Gasteiger partial charge in [-0.3, -0.25) is 9.59 Å². The number of ketones is 1. The van der Waals surface area contributed by atoms with E-state index in [0.29, 0.717) is 19.3 Å². The van der Waals surface area contributed by atoms with Gasteiger partial charge in [-0.05, 0) is 83.7 Å². The van der Waals surface area contributed by atoms with Crippen LogP contribution in [0.15, 0.2) is 23.3 Å². The van der Waals surface area contributed by atoms with Crippen LogP contribution in [0.1, 0.15) is 99.8 Å². The van der Waals surface area contributed by atoms with Crippen LogP contribution in [0.3, 0.4) is 0 Å². The second kappa shape index (κ2) is 6.87. The summed E-state index contributed by atoms with van der Waals surface area (Å²) in [5.74, 6) is -0.183. The molecule has 0 heterocycles. The summed E-state index contributed by atoms with van der Waals surface area (Å²) in [5, 5.41) is 22.2. The van der Waals surface area contributed by atoms with Crippen molar-refractivity contribution in [1.29, 1.82) is 0 Å². The van der Waals surface area contributed by atoms with E-state index in [9.17, 15) is 19.8 Å². The van der Waals surface area contributed by atoms with Crippen molar-refractivity contribution in [2.24, 2.45) is 44.3 Å². The van der Waals surface area contributed by atoms with Crippen LogP contribution in [0.5, 0.6) is 0 Å². The fourth-order valence-electron chi connectivity index (χ4n) is 9.95. The highest BCUT2D eigenvalue weighted by molar-refractivity contribution is 5.85. The van der Waals surface area contributed by atoms with E-state index >= 15 is 0 Å². The Kier molecular flexibility index (Phi) is 4.90. The molecule has 0 unspecified atom stereocenters. The standard InChI is InChI=1S/C30H44O4/c1-25(2)12-14-30(24(33)34)15-13-28(6)18(19(30)16-25)8-9-21-27(5)11-10-22(32)26(3,4)23(27)20(31)17-29(21,28)7/h8-9,20-21,23,31H,10-17H2,1-7H3,(H,33,34)/t20-,21-,23+,27-,28-,29-,30+/m1/s1. The predicted octanol–water partition coefficient (Wildman–Crippen LogP) is 6.33. The van der Waals surface area contributed by atoms with Crippen LogP contribution < -0.4 is 0 Å². The molecule has 4 heteroatoms. The Morgan fingerprint density at radius 2 is 1.62 bits per heavy atom. The SMILES string of the molecule is CC1(C)CC[C@]2(C(=O)O)CC[C@]3(C)C(=C2C1)C=C[C@@H]1[C@@]2(C)CCC(=O)C(C)(C)[C@@H]2[C@H](O)C[C@]13C. The fraction of sp³-hybridized carbons (Fsp3) is 0.800. The number of carboxylic acids is 1. The average molecular weight is 469 g/mol. The van der Waals surface area contributed by atoms with Crippen molar-refractivity contribution < 1.29 is 19.8 Å². The van der Waals surface area contributed by atoms with Crippen molar-refractivity contribution in [3.05, 3.63) is 23.3 Å². The maximum Gasteiger partial charge on any atom is 0.313 e. The Morgan fingerprint density at radius 1 is 0.971 bits per heavy atom. The summed E-state index contributed by atoms with van der Waals surface area (Å²) in [7, 11) is 0. The molecule has 3 saturated carbocycles. The van der Waals surface area contributed by atoms with Crippen LogP contribution in [-0.4, -0.2) is 28.1 Å². The highest BCUT2D eigenvalue weighted by Crippen LogP contribution is 2.73. The number of hydrogen-bond acceptors (Lipinski definition) is 3. The van der Waals surface area contributed by atoms with E-state index in [1.54, 1.807) is 0 Å². The summed E-state index contributed by atoms with van der Waals surface area (Å²) in [5.41, 5.74) is 0.701. The number of allylic oxidation sites excluding steroid dienone is 3. The van der Waals surface area contributed by atoms with E-state index in [-0.39, 0.29) is 39.3 Å². The quantitative estimate of drug-likeness (QED) is 0.471. The molecule has 0 aromatic heterocycles. The van der Waals surface area contributed by atoms with Crippen molar-refractivity contribution in [3.8, 4) is 0 Å². The van der Waals surface area contributed by atoms with Crippen LogP contribution in [0.2, 0.25) is 0 Å². The van der Waals surface area contributed by atoms with Gasteiger partial charge in [0.25, 0.3) is 0 Å². The molecule has 34 heavy (non-hydrogen) atoms. The number of aliphatic hydroxyl groups is 1. The molecule has 5 aliphatic carbocycles. The monoisotopic (exact) mass is 468 g/mol. The van der Waals surface area contributed by atoms with Crippen molar-refractivity contribution in [1.82, 2.24) is 0 Å². The Hall–Kier alpha value is -1.42. The lowest BCUT2D eigenvalue weighted by atomic mass is 9.35. The van der Waals surface area contributed by atoms with Gasteiger partial charge in [-0.2, -0.15) is 0 Å². The Morgan fingerprint density at radius 3 is 2.26 bits per heavy atom. The summed E-state index contributed by atoms with van der Waals surface area (Å²) in [6.07, 6.45) is 10.2. The van der Waals surface area contributed by atoms with Gasteiger partial charge >= 0.3 is 5.97 Å². The molecule has 0 amide bonds. The topological polar surface area (TPSA) is 74.6 Å². The van der Waals surface area contributed by atoms with Gasteiger partial charge < -0.3 is 10.2 Å². The van der Waals surface area contributed by atoms with Crippen molar-refractivity contribution in [3.63, 3.8) is 0 Å². The molecule has 0 saturated heterocycles. The third-order valence-corrected chi connectivity index (χ3v) is 12.1. The minimum Gasteiger partial charge on any atom is -0.481 e. The van der Waals surface area contributed by atoms with Crippen LogP contribution in [-0.2, 0) is 9.59 Å². The number of carbonyl (C=O) groups excluding carboxylic acids is 1. The van der Waals surface area contributed by atoms with Gasteiger partial charge in [0.1, 0.15) is 5.78 Å². The molecule has 0 radical (unpaired) electrons.